The molecule has 0 aliphatic rings. The number of unbranched alkanes of at least 4 members (excludes halogenated alkanes) is 26. The predicted molar refractivity (Wildman–Crippen MR) is 229 cm³/mol. The van der Waals surface area contributed by atoms with E-state index in [9.17, 15) is 19.0 Å². The highest BCUT2D eigenvalue weighted by molar-refractivity contribution is 7.47. The minimum Gasteiger partial charge on any atom is -0.462 e. The average Bonchev–Trinajstić information content (AvgIpc) is 3.13. The summed E-state index contributed by atoms with van der Waals surface area (Å²) in [4.78, 5) is 35.3. The topological polar surface area (TPSA) is 108 Å². The van der Waals surface area contributed by atoms with E-state index in [2.05, 4.69) is 19.9 Å². The molecule has 0 aliphatic heterocycles. The summed E-state index contributed by atoms with van der Waals surface area (Å²) in [6.45, 7) is 4.41. The molecular formula is C45H89NO8P+. The maximum atomic E-state index is 12.7. The first-order chi connectivity index (χ1) is 26.5. The highest BCUT2D eigenvalue weighted by Crippen LogP contribution is 2.43. The van der Waals surface area contributed by atoms with Crippen molar-refractivity contribution in [2.75, 3.05) is 47.5 Å². The van der Waals surface area contributed by atoms with Gasteiger partial charge in [0, 0.05) is 12.8 Å². The molecule has 0 spiro atoms. The van der Waals surface area contributed by atoms with Crippen molar-refractivity contribution >= 4 is 19.8 Å². The van der Waals surface area contributed by atoms with Gasteiger partial charge >= 0.3 is 19.8 Å². The third-order valence-corrected chi connectivity index (χ3v) is 11.0. The van der Waals surface area contributed by atoms with Crippen molar-refractivity contribution in [1.29, 1.82) is 0 Å². The van der Waals surface area contributed by atoms with Crippen LogP contribution in [0.25, 0.3) is 0 Å². The third-order valence-electron chi connectivity index (χ3n) is 10.1. The number of allylic oxidation sites excluding steroid dienone is 2. The molecule has 0 aromatic heterocycles. The fraction of sp³-hybridized carbons (Fsp3) is 0.911. The molecule has 326 valence electrons. The van der Waals surface area contributed by atoms with Crippen LogP contribution in [0, 0.1) is 0 Å². The highest BCUT2D eigenvalue weighted by Gasteiger charge is 2.27. The summed E-state index contributed by atoms with van der Waals surface area (Å²) in [5.41, 5.74) is 0. The van der Waals surface area contributed by atoms with Gasteiger partial charge in [0.05, 0.1) is 27.7 Å². The van der Waals surface area contributed by atoms with Crippen molar-refractivity contribution < 1.29 is 42.1 Å². The first-order valence-corrected chi connectivity index (χ1v) is 24.4. The van der Waals surface area contributed by atoms with Gasteiger partial charge in [-0.2, -0.15) is 0 Å². The number of hydrogen-bond acceptors (Lipinski definition) is 7. The van der Waals surface area contributed by atoms with Crippen LogP contribution >= 0.6 is 7.82 Å². The Bertz CT molecular complexity index is 954. The lowest BCUT2D eigenvalue weighted by Crippen LogP contribution is -2.37. The maximum absolute atomic E-state index is 12.7. The number of hydrogen-bond donors (Lipinski definition) is 1. The Morgan fingerprint density at radius 2 is 0.964 bits per heavy atom. The number of esters is 2. The monoisotopic (exact) mass is 803 g/mol. The van der Waals surface area contributed by atoms with Gasteiger partial charge in [-0.05, 0) is 25.7 Å². The van der Waals surface area contributed by atoms with Crippen molar-refractivity contribution in [2.45, 2.75) is 219 Å². The average molecular weight is 803 g/mol. The molecule has 0 aromatic carbocycles. The molecule has 0 amide bonds. The van der Waals surface area contributed by atoms with Gasteiger partial charge in [0.2, 0.25) is 0 Å². The smallest absolute Gasteiger partial charge is 0.462 e. The number of carbonyl (C=O) groups is 2. The Hall–Kier alpha value is -1.25. The Labute approximate surface area is 339 Å². The molecule has 55 heavy (non-hydrogen) atoms. The molecule has 0 fully saturated rings. The molecule has 0 bridgehead atoms. The molecule has 1 N–H and O–H groups in total. The van der Waals surface area contributed by atoms with E-state index in [0.29, 0.717) is 17.4 Å². The van der Waals surface area contributed by atoms with Gasteiger partial charge in [0.25, 0.3) is 0 Å². The van der Waals surface area contributed by atoms with E-state index in [1.54, 1.807) is 0 Å². The van der Waals surface area contributed by atoms with Crippen molar-refractivity contribution in [3.8, 4) is 0 Å². The molecule has 9 nitrogen and oxygen atoms in total. The summed E-state index contributed by atoms with van der Waals surface area (Å²) in [7, 11) is 1.47. The van der Waals surface area contributed by atoms with Crippen LogP contribution in [0.2, 0.25) is 0 Å². The number of rotatable bonds is 42. The van der Waals surface area contributed by atoms with Crippen LogP contribution in [-0.2, 0) is 32.7 Å². The van der Waals surface area contributed by atoms with E-state index in [4.69, 9.17) is 18.5 Å². The zero-order valence-electron chi connectivity index (χ0n) is 36.7. The maximum Gasteiger partial charge on any atom is 0.472 e. The SMILES string of the molecule is CCCCCCCCCCCCC/C=C\CCC(=O)OC(COC(=O)CCCCCCCCCCCCCCCCCC)COP(=O)(O)OCC[N+](C)(C)C. The second-order valence-corrected chi connectivity index (χ2v) is 18.2. The Morgan fingerprint density at radius 1 is 0.545 bits per heavy atom. The van der Waals surface area contributed by atoms with Gasteiger partial charge in [0.1, 0.15) is 19.8 Å². The summed E-state index contributed by atoms with van der Waals surface area (Å²) in [6, 6.07) is 0. The molecular weight excluding hydrogens is 713 g/mol. The van der Waals surface area contributed by atoms with E-state index in [0.717, 1.165) is 32.1 Å². The minimum absolute atomic E-state index is 0.0293. The fourth-order valence-electron chi connectivity index (χ4n) is 6.44. The second-order valence-electron chi connectivity index (χ2n) is 16.8. The number of carbonyl (C=O) groups excluding carboxylic acids is 2. The first kappa shape index (κ1) is 53.8. The van der Waals surface area contributed by atoms with Gasteiger partial charge in [-0.3, -0.25) is 18.6 Å². The minimum atomic E-state index is -4.38. The quantitative estimate of drug-likeness (QED) is 0.0214. The molecule has 0 rings (SSSR count). The highest BCUT2D eigenvalue weighted by atomic mass is 31.2. The zero-order chi connectivity index (χ0) is 40.7. The Morgan fingerprint density at radius 3 is 1.42 bits per heavy atom. The summed E-state index contributed by atoms with van der Waals surface area (Å²) in [5, 5.41) is 0. The van der Waals surface area contributed by atoms with Crippen LogP contribution in [0.3, 0.4) is 0 Å². The van der Waals surface area contributed by atoms with Crippen molar-refractivity contribution in [3.63, 3.8) is 0 Å². The van der Waals surface area contributed by atoms with Gasteiger partial charge in [-0.1, -0.05) is 187 Å². The molecule has 0 radical (unpaired) electrons. The van der Waals surface area contributed by atoms with Crippen LogP contribution < -0.4 is 0 Å². The lowest BCUT2D eigenvalue weighted by molar-refractivity contribution is -0.870. The number of phosphoric ester groups is 1. The van der Waals surface area contributed by atoms with E-state index in [1.807, 2.05) is 27.2 Å². The van der Waals surface area contributed by atoms with E-state index >= 15 is 0 Å². The molecule has 0 heterocycles. The van der Waals surface area contributed by atoms with Gasteiger partial charge in [0.15, 0.2) is 6.10 Å². The number of quaternary nitrogens is 1. The molecule has 2 atom stereocenters. The van der Waals surface area contributed by atoms with Crippen LogP contribution in [0.15, 0.2) is 12.2 Å². The Balaban J connectivity index is 4.34. The summed E-state index contributed by atoms with van der Waals surface area (Å²) in [6.07, 6.45) is 39.8. The van der Waals surface area contributed by atoms with Crippen LogP contribution in [0.5, 0.6) is 0 Å². The van der Waals surface area contributed by atoms with Crippen molar-refractivity contribution in [1.82, 2.24) is 0 Å². The number of phosphoric acid groups is 1. The zero-order valence-corrected chi connectivity index (χ0v) is 37.6. The van der Waals surface area contributed by atoms with Crippen molar-refractivity contribution in [2.24, 2.45) is 0 Å². The fourth-order valence-corrected chi connectivity index (χ4v) is 7.19. The largest absolute Gasteiger partial charge is 0.472 e. The van der Waals surface area contributed by atoms with Gasteiger partial charge < -0.3 is 18.9 Å². The first-order valence-electron chi connectivity index (χ1n) is 22.9. The van der Waals surface area contributed by atoms with E-state index in [-0.39, 0.29) is 32.0 Å². The predicted octanol–water partition coefficient (Wildman–Crippen LogP) is 13.0. The standard InChI is InChI=1S/C45H88NO8P/c1-6-8-10-12-14-16-18-20-22-24-25-27-29-31-33-35-37-44(47)51-41-43(42-53-55(49,50)52-40-39-46(3,4)5)54-45(48)38-36-34-32-30-28-26-23-21-19-17-15-13-11-9-7-2/h32,34,43H,6-31,33,35-42H2,1-5H3/p+1/b34-32-. The summed E-state index contributed by atoms with van der Waals surface area (Å²) in [5.74, 6) is -0.844. The number of likely N-dealkylation sites (N-methyl/N-ethyl adjacent to an activating group) is 1. The lowest BCUT2D eigenvalue weighted by atomic mass is 10.0. The lowest BCUT2D eigenvalue weighted by Gasteiger charge is -2.24. The molecule has 0 saturated carbocycles. The number of nitrogens with zero attached hydrogens (tertiary/aromatic N) is 1. The molecule has 2 unspecified atom stereocenters. The van der Waals surface area contributed by atoms with Gasteiger partial charge in [-0.25, -0.2) is 4.57 Å². The second kappa shape index (κ2) is 38.3. The van der Waals surface area contributed by atoms with Crippen LogP contribution in [0.1, 0.15) is 213 Å². The summed E-state index contributed by atoms with van der Waals surface area (Å²) >= 11 is 0. The normalized spacial score (nSPS) is 13.6. The van der Waals surface area contributed by atoms with E-state index in [1.165, 1.54) is 148 Å². The van der Waals surface area contributed by atoms with E-state index < -0.39 is 26.5 Å². The molecule has 10 heteroatoms. The molecule has 0 aromatic rings. The Kier molecular flexibility index (Phi) is 37.4. The molecule has 0 aliphatic carbocycles. The van der Waals surface area contributed by atoms with Crippen LogP contribution in [0.4, 0.5) is 0 Å². The number of ether oxygens (including phenoxy) is 2. The van der Waals surface area contributed by atoms with Crippen LogP contribution in [-0.4, -0.2) is 74.9 Å². The van der Waals surface area contributed by atoms with Gasteiger partial charge in [-0.15, -0.1) is 0 Å². The molecule has 0 saturated heterocycles. The summed E-state index contributed by atoms with van der Waals surface area (Å²) < 4.78 is 34.3. The third kappa shape index (κ3) is 42.2. The van der Waals surface area contributed by atoms with Crippen molar-refractivity contribution in [3.05, 3.63) is 12.2 Å².